The van der Waals surface area contributed by atoms with Crippen molar-refractivity contribution in [3.8, 4) is 5.75 Å². The Bertz CT molecular complexity index is 516. The van der Waals surface area contributed by atoms with Gasteiger partial charge in [-0.25, -0.2) is 9.97 Å². The highest BCUT2D eigenvalue weighted by atomic mass is 79.9. The van der Waals surface area contributed by atoms with Gasteiger partial charge in [0.1, 0.15) is 17.9 Å². The zero-order valence-corrected chi connectivity index (χ0v) is 11.8. The van der Waals surface area contributed by atoms with Crippen molar-refractivity contribution < 1.29 is 4.74 Å². The molecule has 1 heterocycles. The molecule has 5 heteroatoms. The van der Waals surface area contributed by atoms with Gasteiger partial charge >= 0.3 is 0 Å². The summed E-state index contributed by atoms with van der Waals surface area (Å²) in [6.45, 7) is 2.08. The molecule has 0 aliphatic heterocycles. The Kier molecular flexibility index (Phi) is 4.15. The molecule has 0 saturated heterocycles. The summed E-state index contributed by atoms with van der Waals surface area (Å²) in [6, 6.07) is 8.12. The van der Waals surface area contributed by atoms with Gasteiger partial charge in [0.25, 0.3) is 0 Å². The SMILES string of the molecule is COc1ccc(C(C)Nc2ncncc2Br)cc1. The number of halogens is 1. The van der Waals surface area contributed by atoms with Crippen LogP contribution < -0.4 is 10.1 Å². The lowest BCUT2D eigenvalue weighted by Crippen LogP contribution is -2.08. The number of ether oxygens (including phenoxy) is 1. The van der Waals surface area contributed by atoms with Gasteiger partial charge in [0.2, 0.25) is 0 Å². The van der Waals surface area contributed by atoms with E-state index in [9.17, 15) is 0 Å². The molecule has 1 atom stereocenters. The van der Waals surface area contributed by atoms with Gasteiger partial charge in [-0.05, 0) is 40.5 Å². The van der Waals surface area contributed by atoms with E-state index in [-0.39, 0.29) is 6.04 Å². The lowest BCUT2D eigenvalue weighted by atomic mass is 10.1. The number of rotatable bonds is 4. The topological polar surface area (TPSA) is 47.0 Å². The van der Waals surface area contributed by atoms with E-state index in [1.165, 1.54) is 11.9 Å². The first-order valence-corrected chi connectivity index (χ1v) is 6.36. The van der Waals surface area contributed by atoms with E-state index < -0.39 is 0 Å². The van der Waals surface area contributed by atoms with Gasteiger partial charge in [-0.15, -0.1) is 0 Å². The number of nitrogens with zero attached hydrogens (tertiary/aromatic N) is 2. The summed E-state index contributed by atoms with van der Waals surface area (Å²) < 4.78 is 5.99. The third-order valence-corrected chi connectivity index (χ3v) is 3.22. The number of hydrogen-bond acceptors (Lipinski definition) is 4. The maximum atomic E-state index is 5.14. The molecule has 0 bridgehead atoms. The van der Waals surface area contributed by atoms with Crippen molar-refractivity contribution in [2.75, 3.05) is 12.4 Å². The molecule has 0 fully saturated rings. The maximum absolute atomic E-state index is 5.14. The zero-order valence-electron chi connectivity index (χ0n) is 10.2. The van der Waals surface area contributed by atoms with Crippen LogP contribution in [0.4, 0.5) is 5.82 Å². The van der Waals surface area contributed by atoms with E-state index in [1.54, 1.807) is 13.3 Å². The Labute approximate surface area is 115 Å². The van der Waals surface area contributed by atoms with Crippen LogP contribution in [-0.4, -0.2) is 17.1 Å². The summed E-state index contributed by atoms with van der Waals surface area (Å²) in [7, 11) is 1.66. The van der Waals surface area contributed by atoms with Crippen LogP contribution >= 0.6 is 15.9 Å². The summed E-state index contributed by atoms with van der Waals surface area (Å²) in [5.41, 5.74) is 1.17. The lowest BCUT2D eigenvalue weighted by Gasteiger charge is -2.15. The molecule has 1 N–H and O–H groups in total. The van der Waals surface area contributed by atoms with Gasteiger partial charge in [0, 0.05) is 12.2 Å². The van der Waals surface area contributed by atoms with E-state index in [0.29, 0.717) is 0 Å². The fourth-order valence-corrected chi connectivity index (χ4v) is 1.93. The standard InChI is InChI=1S/C13H14BrN3O/c1-9(10-3-5-11(18-2)6-4-10)17-13-12(14)7-15-8-16-13/h3-9H,1-2H3,(H,15,16,17). The highest BCUT2D eigenvalue weighted by Gasteiger charge is 2.08. The Morgan fingerprint density at radius 2 is 2.00 bits per heavy atom. The van der Waals surface area contributed by atoms with Gasteiger partial charge in [-0.3, -0.25) is 0 Å². The molecule has 1 unspecified atom stereocenters. The molecule has 0 aliphatic carbocycles. The summed E-state index contributed by atoms with van der Waals surface area (Å²) in [6.07, 6.45) is 3.24. The Morgan fingerprint density at radius 3 is 2.61 bits per heavy atom. The first-order valence-electron chi connectivity index (χ1n) is 5.56. The van der Waals surface area contributed by atoms with Crippen molar-refractivity contribution in [2.45, 2.75) is 13.0 Å². The molecule has 1 aromatic carbocycles. The van der Waals surface area contributed by atoms with Gasteiger partial charge in [0.05, 0.1) is 11.6 Å². The summed E-state index contributed by atoms with van der Waals surface area (Å²) in [5, 5.41) is 3.33. The molecule has 0 radical (unpaired) electrons. The van der Waals surface area contributed by atoms with Gasteiger partial charge < -0.3 is 10.1 Å². The monoisotopic (exact) mass is 307 g/mol. The van der Waals surface area contributed by atoms with Gasteiger partial charge in [0.15, 0.2) is 0 Å². The lowest BCUT2D eigenvalue weighted by molar-refractivity contribution is 0.414. The summed E-state index contributed by atoms with van der Waals surface area (Å²) >= 11 is 3.41. The second kappa shape index (κ2) is 5.82. The van der Waals surface area contributed by atoms with Gasteiger partial charge in [-0.2, -0.15) is 0 Å². The summed E-state index contributed by atoms with van der Waals surface area (Å²) in [4.78, 5) is 8.12. The fourth-order valence-electron chi connectivity index (χ4n) is 1.60. The molecule has 2 rings (SSSR count). The smallest absolute Gasteiger partial charge is 0.144 e. The predicted molar refractivity (Wildman–Crippen MR) is 74.8 cm³/mol. The van der Waals surface area contributed by atoms with E-state index in [2.05, 4.69) is 38.1 Å². The predicted octanol–water partition coefficient (Wildman–Crippen LogP) is 3.42. The van der Waals surface area contributed by atoms with Crippen molar-refractivity contribution in [3.05, 3.63) is 46.8 Å². The molecule has 0 amide bonds. The number of methoxy groups -OCH3 is 1. The molecule has 0 spiro atoms. The van der Waals surface area contributed by atoms with Crippen LogP contribution in [0.15, 0.2) is 41.3 Å². The number of nitrogens with one attached hydrogen (secondary N) is 1. The van der Waals surface area contributed by atoms with Crippen LogP contribution in [0.1, 0.15) is 18.5 Å². The minimum Gasteiger partial charge on any atom is -0.497 e. The number of hydrogen-bond donors (Lipinski definition) is 1. The highest BCUT2D eigenvalue weighted by Crippen LogP contribution is 2.24. The Hall–Kier alpha value is -1.62. The Morgan fingerprint density at radius 1 is 1.28 bits per heavy atom. The van der Waals surface area contributed by atoms with Crippen molar-refractivity contribution in [1.82, 2.24) is 9.97 Å². The van der Waals surface area contributed by atoms with Crippen LogP contribution in [0.25, 0.3) is 0 Å². The molecule has 94 valence electrons. The van der Waals surface area contributed by atoms with Crippen LogP contribution in [0.2, 0.25) is 0 Å². The van der Waals surface area contributed by atoms with Crippen LogP contribution in [0, 0.1) is 0 Å². The third-order valence-electron chi connectivity index (χ3n) is 2.64. The minimum atomic E-state index is 0.155. The second-order valence-corrected chi connectivity index (χ2v) is 4.71. The summed E-state index contributed by atoms with van der Waals surface area (Å²) in [5.74, 6) is 1.64. The quantitative estimate of drug-likeness (QED) is 0.940. The normalized spacial score (nSPS) is 11.9. The number of anilines is 1. The molecule has 2 aromatic rings. The molecule has 0 saturated carbocycles. The Balaban J connectivity index is 2.11. The maximum Gasteiger partial charge on any atom is 0.144 e. The molecule has 0 aliphatic rings. The molecular formula is C13H14BrN3O. The fraction of sp³-hybridized carbons (Fsp3) is 0.231. The van der Waals surface area contributed by atoms with Gasteiger partial charge in [-0.1, -0.05) is 12.1 Å². The molecule has 1 aromatic heterocycles. The van der Waals surface area contributed by atoms with Crippen molar-refractivity contribution in [2.24, 2.45) is 0 Å². The first kappa shape index (κ1) is 12.8. The first-order chi connectivity index (χ1) is 8.70. The highest BCUT2D eigenvalue weighted by molar-refractivity contribution is 9.10. The largest absolute Gasteiger partial charge is 0.497 e. The van der Waals surface area contributed by atoms with E-state index >= 15 is 0 Å². The molecular weight excluding hydrogens is 294 g/mol. The van der Waals surface area contributed by atoms with Crippen LogP contribution in [0.5, 0.6) is 5.75 Å². The second-order valence-electron chi connectivity index (χ2n) is 3.86. The average Bonchev–Trinajstić information content (AvgIpc) is 2.41. The number of benzene rings is 1. The van der Waals surface area contributed by atoms with Crippen LogP contribution in [0.3, 0.4) is 0 Å². The van der Waals surface area contributed by atoms with E-state index in [1.807, 2.05) is 24.3 Å². The van der Waals surface area contributed by atoms with Crippen molar-refractivity contribution in [1.29, 1.82) is 0 Å². The number of aromatic nitrogens is 2. The van der Waals surface area contributed by atoms with E-state index in [0.717, 1.165) is 16.0 Å². The van der Waals surface area contributed by atoms with E-state index in [4.69, 9.17) is 4.74 Å². The van der Waals surface area contributed by atoms with Crippen molar-refractivity contribution >= 4 is 21.7 Å². The zero-order chi connectivity index (χ0) is 13.0. The van der Waals surface area contributed by atoms with Crippen molar-refractivity contribution in [3.63, 3.8) is 0 Å². The minimum absolute atomic E-state index is 0.155. The third kappa shape index (κ3) is 2.98. The molecule has 4 nitrogen and oxygen atoms in total. The average molecular weight is 308 g/mol. The molecule has 18 heavy (non-hydrogen) atoms. The van der Waals surface area contributed by atoms with Crippen LogP contribution in [-0.2, 0) is 0 Å².